The summed E-state index contributed by atoms with van der Waals surface area (Å²) < 4.78 is 2.22. The molecule has 0 aliphatic carbocycles. The van der Waals surface area contributed by atoms with Gasteiger partial charge in [-0.05, 0) is 23.4 Å². The van der Waals surface area contributed by atoms with E-state index in [0.29, 0.717) is 17.7 Å². The fraction of sp³-hybridized carbons (Fsp3) is 0.143. The van der Waals surface area contributed by atoms with E-state index in [0.717, 1.165) is 11.1 Å². The van der Waals surface area contributed by atoms with Gasteiger partial charge in [-0.15, -0.1) is 11.3 Å². The molecule has 0 spiro atoms. The fourth-order valence-electron chi connectivity index (χ4n) is 2.07. The van der Waals surface area contributed by atoms with Gasteiger partial charge in [0.25, 0.3) is 11.2 Å². The SMILES string of the molecule is O=c1c2sccc2ncn1CCc1ccc([N+](=O)[O-])cc1. The molecule has 7 heteroatoms. The highest BCUT2D eigenvalue weighted by molar-refractivity contribution is 7.17. The molecule has 0 bridgehead atoms. The number of non-ortho nitro benzene ring substituents is 1. The molecule has 21 heavy (non-hydrogen) atoms. The Morgan fingerprint density at radius 3 is 2.71 bits per heavy atom. The van der Waals surface area contributed by atoms with Crippen LogP contribution in [0, 0.1) is 10.1 Å². The quantitative estimate of drug-likeness (QED) is 0.548. The molecule has 6 nitrogen and oxygen atoms in total. The molecule has 0 amide bonds. The minimum absolute atomic E-state index is 0.0445. The molecule has 0 aliphatic heterocycles. The van der Waals surface area contributed by atoms with E-state index >= 15 is 0 Å². The third-order valence-electron chi connectivity index (χ3n) is 3.22. The molecule has 3 rings (SSSR count). The second-order valence-electron chi connectivity index (χ2n) is 4.55. The number of aryl methyl sites for hydroxylation is 2. The van der Waals surface area contributed by atoms with E-state index in [4.69, 9.17) is 0 Å². The van der Waals surface area contributed by atoms with Gasteiger partial charge >= 0.3 is 0 Å². The lowest BCUT2D eigenvalue weighted by molar-refractivity contribution is -0.384. The minimum atomic E-state index is -0.428. The summed E-state index contributed by atoms with van der Waals surface area (Å²) in [6.45, 7) is 0.498. The van der Waals surface area contributed by atoms with Crippen molar-refractivity contribution in [1.82, 2.24) is 9.55 Å². The highest BCUT2D eigenvalue weighted by Gasteiger charge is 2.07. The number of nitro benzene ring substituents is 1. The number of thiophene rings is 1. The number of hydrogen-bond donors (Lipinski definition) is 0. The summed E-state index contributed by atoms with van der Waals surface area (Å²) in [4.78, 5) is 26.6. The molecule has 106 valence electrons. The van der Waals surface area contributed by atoms with Crippen LogP contribution in [-0.4, -0.2) is 14.5 Å². The van der Waals surface area contributed by atoms with Gasteiger partial charge in [0.05, 0.1) is 16.8 Å². The average molecular weight is 301 g/mol. The maximum atomic E-state index is 12.2. The lowest BCUT2D eigenvalue weighted by Gasteiger charge is -2.05. The van der Waals surface area contributed by atoms with E-state index in [9.17, 15) is 14.9 Å². The molecule has 0 unspecified atom stereocenters. The van der Waals surface area contributed by atoms with Crippen molar-refractivity contribution < 1.29 is 4.92 Å². The zero-order chi connectivity index (χ0) is 14.8. The van der Waals surface area contributed by atoms with E-state index < -0.39 is 4.92 Å². The van der Waals surface area contributed by atoms with Gasteiger partial charge in [0.1, 0.15) is 4.70 Å². The third kappa shape index (κ3) is 2.68. The largest absolute Gasteiger partial charge is 0.298 e. The van der Waals surface area contributed by atoms with Crippen molar-refractivity contribution >= 4 is 27.2 Å². The predicted molar refractivity (Wildman–Crippen MR) is 80.7 cm³/mol. The Bertz CT molecular complexity index is 852. The van der Waals surface area contributed by atoms with Crippen molar-refractivity contribution in [2.45, 2.75) is 13.0 Å². The first-order valence-corrected chi connectivity index (χ1v) is 7.19. The average Bonchev–Trinajstić information content (AvgIpc) is 2.96. The number of rotatable bonds is 4. The molecule has 0 N–H and O–H groups in total. The normalized spacial score (nSPS) is 10.9. The molecule has 0 fully saturated rings. The first kappa shape index (κ1) is 13.4. The molecule has 2 heterocycles. The van der Waals surface area contributed by atoms with Gasteiger partial charge in [0.2, 0.25) is 0 Å². The number of fused-ring (bicyclic) bond motifs is 1. The number of hydrogen-bond acceptors (Lipinski definition) is 5. The summed E-state index contributed by atoms with van der Waals surface area (Å²) >= 11 is 1.38. The molecule has 3 aromatic rings. The summed E-state index contributed by atoms with van der Waals surface area (Å²) in [6.07, 6.45) is 2.17. The predicted octanol–water partition coefficient (Wildman–Crippen LogP) is 2.61. The van der Waals surface area contributed by atoms with Crippen molar-refractivity contribution in [1.29, 1.82) is 0 Å². The number of benzene rings is 1. The highest BCUT2D eigenvalue weighted by Crippen LogP contribution is 2.14. The van der Waals surface area contributed by atoms with E-state index in [1.807, 2.05) is 11.4 Å². The van der Waals surface area contributed by atoms with E-state index in [1.54, 1.807) is 23.0 Å². The van der Waals surface area contributed by atoms with Crippen LogP contribution in [0.3, 0.4) is 0 Å². The van der Waals surface area contributed by atoms with E-state index in [2.05, 4.69) is 4.98 Å². The molecular formula is C14H11N3O3S. The van der Waals surface area contributed by atoms with Gasteiger partial charge in [0.15, 0.2) is 0 Å². The van der Waals surface area contributed by atoms with Crippen LogP contribution < -0.4 is 5.56 Å². The standard InChI is InChI=1S/C14H11N3O3S/c18-14-13-12(6-8-21-13)15-9-16(14)7-5-10-1-3-11(4-2-10)17(19)20/h1-4,6,8-9H,5,7H2. The first-order chi connectivity index (χ1) is 10.1. The molecular weight excluding hydrogens is 290 g/mol. The van der Waals surface area contributed by atoms with Crippen LogP contribution in [-0.2, 0) is 13.0 Å². The summed E-state index contributed by atoms with van der Waals surface area (Å²) in [6, 6.07) is 8.18. The van der Waals surface area contributed by atoms with Gasteiger partial charge in [0, 0.05) is 18.7 Å². The number of nitrogens with zero attached hydrogens (tertiary/aromatic N) is 3. The lowest BCUT2D eigenvalue weighted by Crippen LogP contribution is -2.20. The van der Waals surface area contributed by atoms with Crippen molar-refractivity contribution in [2.75, 3.05) is 0 Å². The van der Waals surface area contributed by atoms with Crippen LogP contribution in [0.15, 0.2) is 46.8 Å². The molecule has 0 aliphatic rings. The topological polar surface area (TPSA) is 78.0 Å². The Balaban J connectivity index is 1.78. The van der Waals surface area contributed by atoms with Crippen molar-refractivity contribution in [3.8, 4) is 0 Å². The Hall–Kier alpha value is -2.54. The number of aromatic nitrogens is 2. The van der Waals surface area contributed by atoms with Crippen molar-refractivity contribution in [3.05, 3.63) is 68.1 Å². The van der Waals surface area contributed by atoms with Gasteiger partial charge in [-0.3, -0.25) is 19.5 Å². The Morgan fingerprint density at radius 1 is 1.24 bits per heavy atom. The lowest BCUT2D eigenvalue weighted by atomic mass is 10.1. The van der Waals surface area contributed by atoms with E-state index in [-0.39, 0.29) is 11.2 Å². The molecule has 0 saturated carbocycles. The van der Waals surface area contributed by atoms with Crippen LogP contribution >= 0.6 is 11.3 Å². The molecule has 0 atom stereocenters. The monoisotopic (exact) mass is 301 g/mol. The van der Waals surface area contributed by atoms with Crippen LogP contribution in [0.4, 0.5) is 5.69 Å². The Kier molecular flexibility index (Phi) is 3.49. The van der Waals surface area contributed by atoms with Gasteiger partial charge in [-0.25, -0.2) is 4.98 Å². The summed E-state index contributed by atoms with van der Waals surface area (Å²) in [7, 11) is 0. The van der Waals surface area contributed by atoms with Crippen LogP contribution in [0.5, 0.6) is 0 Å². The zero-order valence-corrected chi connectivity index (χ0v) is 11.7. The van der Waals surface area contributed by atoms with E-state index in [1.165, 1.54) is 23.5 Å². The maximum Gasteiger partial charge on any atom is 0.271 e. The van der Waals surface area contributed by atoms with Gasteiger partial charge in [-0.1, -0.05) is 12.1 Å². The molecule has 0 saturated heterocycles. The maximum absolute atomic E-state index is 12.2. The van der Waals surface area contributed by atoms with Crippen molar-refractivity contribution in [2.24, 2.45) is 0 Å². The van der Waals surface area contributed by atoms with Gasteiger partial charge in [-0.2, -0.15) is 0 Å². The van der Waals surface area contributed by atoms with Gasteiger partial charge < -0.3 is 0 Å². The Morgan fingerprint density at radius 2 is 2.00 bits per heavy atom. The van der Waals surface area contributed by atoms with Crippen LogP contribution in [0.25, 0.3) is 10.2 Å². The number of nitro groups is 1. The second kappa shape index (κ2) is 5.45. The summed E-state index contributed by atoms with van der Waals surface area (Å²) in [5.74, 6) is 0. The summed E-state index contributed by atoms with van der Waals surface area (Å²) in [5.41, 5.74) is 1.69. The van der Waals surface area contributed by atoms with Crippen molar-refractivity contribution in [3.63, 3.8) is 0 Å². The minimum Gasteiger partial charge on any atom is -0.298 e. The first-order valence-electron chi connectivity index (χ1n) is 6.31. The Labute approximate surface area is 123 Å². The highest BCUT2D eigenvalue weighted by atomic mass is 32.1. The fourth-order valence-corrected chi connectivity index (χ4v) is 2.86. The summed E-state index contributed by atoms with van der Waals surface area (Å²) in [5, 5.41) is 12.4. The molecule has 0 radical (unpaired) electrons. The smallest absolute Gasteiger partial charge is 0.271 e. The van der Waals surface area contributed by atoms with Crippen LogP contribution in [0.2, 0.25) is 0 Å². The molecule has 1 aromatic carbocycles. The third-order valence-corrected chi connectivity index (χ3v) is 4.12. The zero-order valence-electron chi connectivity index (χ0n) is 10.9. The second-order valence-corrected chi connectivity index (χ2v) is 5.47. The van der Waals surface area contributed by atoms with Crippen LogP contribution in [0.1, 0.15) is 5.56 Å². The molecule has 2 aromatic heterocycles.